The number of furan rings is 1. The normalized spacial score (nSPS) is 6.67. The van der Waals surface area contributed by atoms with Gasteiger partial charge in [0.15, 0.2) is 0 Å². The molecule has 1 aromatic heterocycles. The van der Waals surface area contributed by atoms with Crippen molar-refractivity contribution in [3.8, 4) is 0 Å². The fraction of sp³-hybridized carbons (Fsp3) is 0. The average molecular weight is 312 g/mol. The standard InChI is InChI=1S/C4H4O.Pu/c1-2-4-5-3-1;/h1-4H;. The van der Waals surface area contributed by atoms with Crippen molar-refractivity contribution >= 4 is 0 Å². The third-order valence-corrected chi connectivity index (χ3v) is 0.425. The zero-order valence-corrected chi connectivity index (χ0v) is 6.53. The van der Waals surface area contributed by atoms with Crippen LogP contribution in [0.3, 0.4) is 0 Å². The molecular weight excluding hydrogens is 308 g/mol. The summed E-state index contributed by atoms with van der Waals surface area (Å²) in [4.78, 5) is 0. The van der Waals surface area contributed by atoms with Crippen LogP contribution < -0.4 is 0 Å². The molecule has 1 rings (SSSR count). The van der Waals surface area contributed by atoms with E-state index in [2.05, 4.69) is 4.42 Å². The Bertz CT molecular complexity index is 64.0. The van der Waals surface area contributed by atoms with Crippen LogP contribution in [0.4, 0.5) is 0 Å². The third-order valence-electron chi connectivity index (χ3n) is 0.425. The van der Waals surface area contributed by atoms with Crippen LogP contribution in [0, 0.1) is 29.2 Å². The van der Waals surface area contributed by atoms with Crippen LogP contribution in [-0.2, 0) is 0 Å². The third kappa shape index (κ3) is 1.64. The van der Waals surface area contributed by atoms with Crippen molar-refractivity contribution < 1.29 is 33.6 Å². The Kier molecular flexibility index (Phi) is 3.61. The second-order valence-electron chi connectivity index (χ2n) is 0.793. The van der Waals surface area contributed by atoms with Crippen molar-refractivity contribution in [2.45, 2.75) is 0 Å². The monoisotopic (exact) mass is 306 g/mol. The Labute approximate surface area is 58.3 Å². The molecule has 1 aromatic rings. The molecule has 0 spiro atoms. The van der Waals surface area contributed by atoms with Crippen molar-refractivity contribution in [3.63, 3.8) is 0 Å². The van der Waals surface area contributed by atoms with Gasteiger partial charge in [0.2, 0.25) is 0 Å². The van der Waals surface area contributed by atoms with Gasteiger partial charge in [-0.05, 0) is 12.1 Å². The van der Waals surface area contributed by atoms with Gasteiger partial charge >= 0.3 is 0 Å². The van der Waals surface area contributed by atoms with Gasteiger partial charge in [-0.25, -0.2) is 0 Å². The minimum Gasteiger partial charge on any atom is -0.473 e. The average Bonchev–Trinajstić information content (AvgIpc) is 1.76. The molecule has 6 heavy (non-hydrogen) atoms. The van der Waals surface area contributed by atoms with Crippen LogP contribution in [0.5, 0.6) is 0 Å². The summed E-state index contributed by atoms with van der Waals surface area (Å²) in [5.41, 5.74) is 0. The van der Waals surface area contributed by atoms with Crippen molar-refractivity contribution in [2.75, 3.05) is 0 Å². The van der Waals surface area contributed by atoms with E-state index in [1.807, 2.05) is 12.1 Å². The summed E-state index contributed by atoms with van der Waals surface area (Å²) in [6, 6.07) is 3.67. The Balaban J connectivity index is 0.000000250. The first-order valence-electron chi connectivity index (χ1n) is 1.47. The molecule has 0 N–H and O–H groups in total. The fourth-order valence-electron chi connectivity index (χ4n) is 0.227. The first-order valence-corrected chi connectivity index (χ1v) is 1.47. The molecule has 0 fully saturated rings. The van der Waals surface area contributed by atoms with Crippen LogP contribution in [0.25, 0.3) is 0 Å². The van der Waals surface area contributed by atoms with Crippen LogP contribution >= 0.6 is 0 Å². The van der Waals surface area contributed by atoms with Gasteiger partial charge in [-0.2, -0.15) is 0 Å². The van der Waals surface area contributed by atoms with Crippen LogP contribution in [0.15, 0.2) is 29.1 Å². The predicted molar refractivity (Wildman–Crippen MR) is 18.7 cm³/mol. The SMILES string of the molecule is [Pu].c1ccoc1. The van der Waals surface area contributed by atoms with Gasteiger partial charge in [-0.15, -0.1) is 0 Å². The van der Waals surface area contributed by atoms with Gasteiger partial charge in [-0.3, -0.25) is 0 Å². The van der Waals surface area contributed by atoms with E-state index in [0.29, 0.717) is 0 Å². The van der Waals surface area contributed by atoms with Gasteiger partial charge in [0.1, 0.15) is 0 Å². The largest absolute Gasteiger partial charge is 0.473 e. The summed E-state index contributed by atoms with van der Waals surface area (Å²) in [6.07, 6.45) is 3.25. The second-order valence-corrected chi connectivity index (χ2v) is 0.793. The number of hydrogen-bond donors (Lipinski definition) is 0. The minimum atomic E-state index is 0. The number of hydrogen-bond acceptors (Lipinski definition) is 1. The first kappa shape index (κ1) is 6.27. The van der Waals surface area contributed by atoms with Crippen molar-refractivity contribution in [2.24, 2.45) is 0 Å². The van der Waals surface area contributed by atoms with Crippen molar-refractivity contribution in [1.82, 2.24) is 0 Å². The second kappa shape index (κ2) is 3.46. The van der Waals surface area contributed by atoms with E-state index in [0.717, 1.165) is 0 Å². The zero-order chi connectivity index (χ0) is 3.54. The Morgan fingerprint density at radius 1 is 1.00 bits per heavy atom. The maximum Gasteiger partial charge on any atom is 0.0902 e. The van der Waals surface area contributed by atoms with E-state index < -0.39 is 0 Å². The van der Waals surface area contributed by atoms with Crippen molar-refractivity contribution in [1.29, 1.82) is 0 Å². The molecule has 32 valence electrons. The van der Waals surface area contributed by atoms with Gasteiger partial charge in [0.05, 0.1) is 12.5 Å². The molecule has 0 aliphatic heterocycles. The molecule has 0 aromatic carbocycles. The fourth-order valence-corrected chi connectivity index (χ4v) is 0.227. The summed E-state index contributed by atoms with van der Waals surface area (Å²) in [5, 5.41) is 0. The van der Waals surface area contributed by atoms with E-state index in [1.54, 1.807) is 12.5 Å². The molecule has 2 heteroatoms. The van der Waals surface area contributed by atoms with Crippen molar-refractivity contribution in [3.05, 3.63) is 24.7 Å². The summed E-state index contributed by atoms with van der Waals surface area (Å²) in [5.74, 6) is 0. The molecule has 0 saturated carbocycles. The van der Waals surface area contributed by atoms with Gasteiger partial charge < -0.3 is 4.42 Å². The Morgan fingerprint density at radius 3 is 1.67 bits per heavy atom. The molecule has 1 nitrogen and oxygen atoms in total. The maximum absolute atomic E-state index is 4.58. The maximum atomic E-state index is 4.58. The van der Waals surface area contributed by atoms with Crippen LogP contribution in [-0.4, -0.2) is 0 Å². The summed E-state index contributed by atoms with van der Waals surface area (Å²) in [7, 11) is 0. The zero-order valence-electron chi connectivity index (χ0n) is 3.13. The van der Waals surface area contributed by atoms with E-state index in [4.69, 9.17) is 0 Å². The van der Waals surface area contributed by atoms with Crippen LogP contribution in [0.1, 0.15) is 0 Å². The molecular formula is C4H4OPu. The van der Waals surface area contributed by atoms with Gasteiger partial charge in [0.25, 0.3) is 0 Å². The molecule has 0 radical (unpaired) electrons. The molecule has 0 amide bonds. The van der Waals surface area contributed by atoms with Crippen LogP contribution in [0.2, 0.25) is 0 Å². The molecule has 0 aliphatic rings. The number of rotatable bonds is 0. The topological polar surface area (TPSA) is 13.1 Å². The molecule has 0 saturated heterocycles. The molecule has 0 atom stereocenters. The smallest absolute Gasteiger partial charge is 0.0902 e. The van der Waals surface area contributed by atoms with Gasteiger partial charge in [-0.1, -0.05) is 0 Å². The van der Waals surface area contributed by atoms with E-state index in [9.17, 15) is 0 Å². The quantitative estimate of drug-likeness (QED) is 0.703. The minimum absolute atomic E-state index is 0. The molecule has 1 heterocycles. The molecule has 0 unspecified atom stereocenters. The summed E-state index contributed by atoms with van der Waals surface area (Å²) >= 11 is 0. The first-order chi connectivity index (χ1) is 2.50. The van der Waals surface area contributed by atoms with E-state index >= 15 is 0 Å². The Morgan fingerprint density at radius 2 is 1.50 bits per heavy atom. The van der Waals surface area contributed by atoms with Gasteiger partial charge in [0, 0.05) is 29.2 Å². The Hall–Kier alpha value is 0.267. The summed E-state index contributed by atoms with van der Waals surface area (Å²) < 4.78 is 4.58. The van der Waals surface area contributed by atoms with E-state index in [-0.39, 0.29) is 29.2 Å². The summed E-state index contributed by atoms with van der Waals surface area (Å²) in [6.45, 7) is 0. The van der Waals surface area contributed by atoms with E-state index in [1.165, 1.54) is 0 Å². The molecule has 0 aliphatic carbocycles. The molecule has 0 bridgehead atoms. The predicted octanol–water partition coefficient (Wildman–Crippen LogP) is 1.28.